The van der Waals surface area contributed by atoms with Crippen LogP contribution in [0.25, 0.3) is 0 Å². The minimum atomic E-state index is -0.897. The first-order valence-electron chi connectivity index (χ1n) is 4.21. The van der Waals surface area contributed by atoms with Crippen LogP contribution < -0.4 is 10.5 Å². The van der Waals surface area contributed by atoms with Crippen molar-refractivity contribution in [3.05, 3.63) is 34.4 Å². The van der Waals surface area contributed by atoms with E-state index in [0.717, 1.165) is 0 Å². The molecule has 6 heteroatoms. The average Bonchev–Trinajstić information content (AvgIpc) is 2.18. The molecule has 0 aliphatic carbocycles. The summed E-state index contributed by atoms with van der Waals surface area (Å²) >= 11 is 0. The first-order valence-corrected chi connectivity index (χ1v) is 4.21. The fourth-order valence-corrected chi connectivity index (χ4v) is 0.956. The maximum absolute atomic E-state index is 10.7. The number of hydrogen-bond donors (Lipinski definition) is 1. The minimum absolute atomic E-state index is 0.0359. The number of carbonyl (C=O) groups is 1. The summed E-state index contributed by atoms with van der Waals surface area (Å²) in [6.45, 7) is 1.43. The fourth-order valence-electron chi connectivity index (χ4n) is 0.956. The van der Waals surface area contributed by atoms with Crippen LogP contribution >= 0.6 is 0 Å². The minimum Gasteiger partial charge on any atom is -0.474 e. The summed E-state index contributed by atoms with van der Waals surface area (Å²) in [7, 11) is 0. The molecule has 0 aliphatic heterocycles. The number of para-hydroxylation sites is 2. The van der Waals surface area contributed by atoms with Gasteiger partial charge in [0, 0.05) is 6.07 Å². The molecule has 0 saturated heterocycles. The molecule has 0 saturated carbocycles. The Morgan fingerprint density at radius 2 is 2.13 bits per heavy atom. The highest BCUT2D eigenvalue weighted by Crippen LogP contribution is 2.26. The normalized spacial score (nSPS) is 11.8. The largest absolute Gasteiger partial charge is 0.474 e. The molecule has 0 heterocycles. The van der Waals surface area contributed by atoms with E-state index in [0.29, 0.717) is 0 Å². The molecule has 1 rings (SSSR count). The number of benzene rings is 1. The Kier molecular flexibility index (Phi) is 3.22. The smallest absolute Gasteiger partial charge is 0.310 e. The van der Waals surface area contributed by atoms with Crippen LogP contribution in [0.3, 0.4) is 0 Å². The SMILES string of the molecule is C[C@H](Oc1ccccc1[N+](=O)[O-])C(N)=O. The molecule has 1 aromatic rings. The summed E-state index contributed by atoms with van der Waals surface area (Å²) in [4.78, 5) is 20.7. The third-order valence-corrected chi connectivity index (χ3v) is 1.77. The van der Waals surface area contributed by atoms with E-state index in [1.807, 2.05) is 0 Å². The van der Waals surface area contributed by atoms with Crippen LogP contribution in [0, 0.1) is 10.1 Å². The van der Waals surface area contributed by atoms with Gasteiger partial charge in [-0.05, 0) is 13.0 Å². The fraction of sp³-hybridized carbons (Fsp3) is 0.222. The number of nitro benzene ring substituents is 1. The standard InChI is InChI=1S/C9H10N2O4/c1-6(9(10)12)15-8-5-3-2-4-7(8)11(13)14/h2-6H,1H3,(H2,10,12)/t6-/m0/s1. The molecule has 0 fully saturated rings. The number of carbonyl (C=O) groups excluding carboxylic acids is 1. The lowest BCUT2D eigenvalue weighted by Gasteiger charge is -2.10. The third kappa shape index (κ3) is 2.67. The van der Waals surface area contributed by atoms with Gasteiger partial charge in [-0.3, -0.25) is 14.9 Å². The maximum Gasteiger partial charge on any atom is 0.310 e. The van der Waals surface area contributed by atoms with Crippen molar-refractivity contribution in [1.29, 1.82) is 0 Å². The number of nitrogens with two attached hydrogens (primary N) is 1. The lowest BCUT2D eigenvalue weighted by Crippen LogP contribution is -2.30. The average molecular weight is 210 g/mol. The Morgan fingerprint density at radius 1 is 1.53 bits per heavy atom. The van der Waals surface area contributed by atoms with Gasteiger partial charge < -0.3 is 10.5 Å². The van der Waals surface area contributed by atoms with Gasteiger partial charge in [0.1, 0.15) is 0 Å². The van der Waals surface area contributed by atoms with E-state index in [1.165, 1.54) is 25.1 Å². The van der Waals surface area contributed by atoms with Gasteiger partial charge in [-0.1, -0.05) is 12.1 Å². The highest BCUT2D eigenvalue weighted by atomic mass is 16.6. The Morgan fingerprint density at radius 3 is 2.67 bits per heavy atom. The molecule has 0 aromatic heterocycles. The topological polar surface area (TPSA) is 95.5 Å². The summed E-state index contributed by atoms with van der Waals surface area (Å²) in [6, 6.07) is 5.80. The highest BCUT2D eigenvalue weighted by Gasteiger charge is 2.18. The Bertz CT molecular complexity index is 391. The Labute approximate surface area is 85.8 Å². The van der Waals surface area contributed by atoms with Crippen molar-refractivity contribution in [2.24, 2.45) is 5.73 Å². The number of ether oxygens (including phenoxy) is 1. The lowest BCUT2D eigenvalue weighted by atomic mass is 10.3. The summed E-state index contributed by atoms with van der Waals surface area (Å²) in [5, 5.41) is 10.6. The quantitative estimate of drug-likeness (QED) is 0.588. The van der Waals surface area contributed by atoms with Crippen LogP contribution in [0.2, 0.25) is 0 Å². The molecule has 1 atom stereocenters. The van der Waals surface area contributed by atoms with Crippen molar-refractivity contribution >= 4 is 11.6 Å². The Hall–Kier alpha value is -2.11. The highest BCUT2D eigenvalue weighted by molar-refractivity contribution is 5.78. The van der Waals surface area contributed by atoms with Crippen molar-refractivity contribution in [2.75, 3.05) is 0 Å². The molecule has 1 amide bonds. The molecule has 0 radical (unpaired) electrons. The van der Waals surface area contributed by atoms with E-state index >= 15 is 0 Å². The van der Waals surface area contributed by atoms with Crippen LogP contribution in [0.1, 0.15) is 6.92 Å². The second-order valence-corrected chi connectivity index (χ2v) is 2.89. The molecule has 2 N–H and O–H groups in total. The zero-order valence-corrected chi connectivity index (χ0v) is 8.04. The lowest BCUT2D eigenvalue weighted by molar-refractivity contribution is -0.386. The second kappa shape index (κ2) is 4.41. The molecule has 6 nitrogen and oxygen atoms in total. The number of amides is 1. The van der Waals surface area contributed by atoms with Gasteiger partial charge in [0.15, 0.2) is 11.9 Å². The molecule has 80 valence electrons. The number of nitrogens with zero attached hydrogens (tertiary/aromatic N) is 1. The summed E-state index contributed by atoms with van der Waals surface area (Å²) in [6.07, 6.45) is -0.897. The van der Waals surface area contributed by atoms with Crippen LogP contribution in [0.5, 0.6) is 5.75 Å². The van der Waals surface area contributed by atoms with Crippen molar-refractivity contribution in [1.82, 2.24) is 0 Å². The number of primary amides is 1. The molecular formula is C9H10N2O4. The monoisotopic (exact) mass is 210 g/mol. The molecule has 0 aliphatic rings. The van der Waals surface area contributed by atoms with E-state index < -0.39 is 16.9 Å². The van der Waals surface area contributed by atoms with Crippen molar-refractivity contribution in [3.8, 4) is 5.75 Å². The zero-order chi connectivity index (χ0) is 11.4. The Balaban J connectivity index is 2.94. The molecule has 0 spiro atoms. The summed E-state index contributed by atoms with van der Waals surface area (Å²) in [5.74, 6) is -0.637. The van der Waals surface area contributed by atoms with Gasteiger partial charge in [0.25, 0.3) is 5.91 Å². The van der Waals surface area contributed by atoms with Crippen LogP contribution in [-0.2, 0) is 4.79 Å². The van der Waals surface area contributed by atoms with Crippen molar-refractivity contribution < 1.29 is 14.5 Å². The summed E-state index contributed by atoms with van der Waals surface area (Å²) < 4.78 is 5.05. The molecule has 1 aromatic carbocycles. The van der Waals surface area contributed by atoms with E-state index in [-0.39, 0.29) is 11.4 Å². The van der Waals surface area contributed by atoms with Gasteiger partial charge in [-0.15, -0.1) is 0 Å². The molecular weight excluding hydrogens is 200 g/mol. The van der Waals surface area contributed by atoms with Gasteiger partial charge >= 0.3 is 5.69 Å². The van der Waals surface area contributed by atoms with Gasteiger partial charge in [0.05, 0.1) is 4.92 Å². The maximum atomic E-state index is 10.7. The molecule has 0 bridgehead atoms. The number of hydrogen-bond acceptors (Lipinski definition) is 4. The summed E-state index contributed by atoms with van der Waals surface area (Å²) in [5.41, 5.74) is 4.79. The van der Waals surface area contributed by atoms with E-state index in [2.05, 4.69) is 0 Å². The van der Waals surface area contributed by atoms with Crippen molar-refractivity contribution in [2.45, 2.75) is 13.0 Å². The first-order chi connectivity index (χ1) is 7.02. The first kappa shape index (κ1) is 11.0. The van der Waals surface area contributed by atoms with Gasteiger partial charge in [0.2, 0.25) is 0 Å². The number of rotatable bonds is 4. The second-order valence-electron chi connectivity index (χ2n) is 2.89. The van der Waals surface area contributed by atoms with E-state index in [1.54, 1.807) is 6.07 Å². The van der Waals surface area contributed by atoms with Gasteiger partial charge in [-0.2, -0.15) is 0 Å². The third-order valence-electron chi connectivity index (χ3n) is 1.77. The zero-order valence-electron chi connectivity index (χ0n) is 8.04. The predicted molar refractivity (Wildman–Crippen MR) is 52.4 cm³/mol. The van der Waals surface area contributed by atoms with Crippen molar-refractivity contribution in [3.63, 3.8) is 0 Å². The van der Waals surface area contributed by atoms with Crippen LogP contribution in [-0.4, -0.2) is 16.9 Å². The van der Waals surface area contributed by atoms with Gasteiger partial charge in [-0.25, -0.2) is 0 Å². The van der Waals surface area contributed by atoms with Crippen LogP contribution in [0.15, 0.2) is 24.3 Å². The van der Waals surface area contributed by atoms with E-state index in [9.17, 15) is 14.9 Å². The number of nitro groups is 1. The molecule has 15 heavy (non-hydrogen) atoms. The van der Waals surface area contributed by atoms with Crippen LogP contribution in [0.4, 0.5) is 5.69 Å². The predicted octanol–water partition coefficient (Wildman–Crippen LogP) is 0.847. The molecule has 0 unspecified atom stereocenters. The van der Waals surface area contributed by atoms with E-state index in [4.69, 9.17) is 10.5 Å².